The number of thiophene rings is 1. The van der Waals surface area contributed by atoms with Gasteiger partial charge in [0.25, 0.3) is 0 Å². The molecule has 2 atom stereocenters. The van der Waals surface area contributed by atoms with E-state index in [4.69, 9.17) is 11.6 Å². The van der Waals surface area contributed by atoms with Crippen molar-refractivity contribution in [1.82, 2.24) is 10.2 Å². The highest BCUT2D eigenvalue weighted by molar-refractivity contribution is 7.10. The number of aliphatic hydroxyl groups is 1. The Hall–Kier alpha value is -0.620. The second kappa shape index (κ2) is 5.64. The highest BCUT2D eigenvalue weighted by atomic mass is 35.5. The number of hydrogen-bond acceptors (Lipinski definition) is 4. The fourth-order valence-electron chi connectivity index (χ4n) is 3.30. The number of carbonyl (C=O) groups excluding carboxylic acids is 1. The lowest BCUT2D eigenvalue weighted by molar-refractivity contribution is -0.149. The van der Waals surface area contributed by atoms with Crippen LogP contribution in [0.2, 0.25) is 5.02 Å². The Bertz CT molecular complexity index is 507. The topological polar surface area (TPSA) is 52.6 Å². The molecule has 2 aliphatic rings. The predicted molar refractivity (Wildman–Crippen MR) is 79.9 cm³/mol. The molecule has 2 N–H and O–H groups in total. The van der Waals surface area contributed by atoms with Gasteiger partial charge in [-0.05, 0) is 30.7 Å². The summed E-state index contributed by atoms with van der Waals surface area (Å²) in [6.45, 7) is 2.92. The van der Waals surface area contributed by atoms with E-state index in [1.54, 1.807) is 11.3 Å². The summed E-state index contributed by atoms with van der Waals surface area (Å²) in [4.78, 5) is 15.7. The molecule has 0 unspecified atom stereocenters. The van der Waals surface area contributed by atoms with Crippen LogP contribution in [0.5, 0.6) is 0 Å². The third-order valence-corrected chi connectivity index (χ3v) is 5.83. The first-order chi connectivity index (χ1) is 9.62. The van der Waals surface area contributed by atoms with Crippen molar-refractivity contribution in [2.75, 3.05) is 19.6 Å². The molecule has 20 heavy (non-hydrogen) atoms. The molecule has 3 rings (SSSR count). The molecule has 1 aromatic heterocycles. The molecule has 1 spiro atoms. The fraction of sp³-hybridized carbons (Fsp3) is 0.643. The van der Waals surface area contributed by atoms with E-state index >= 15 is 0 Å². The SMILES string of the molecule is O=C1NCCC[C@]12CN(Cc1sccc1Cl)CC[C@H]2O. The highest BCUT2D eigenvalue weighted by Crippen LogP contribution is 2.38. The average Bonchev–Trinajstić information content (AvgIpc) is 2.83. The van der Waals surface area contributed by atoms with Gasteiger partial charge in [0, 0.05) is 31.1 Å². The minimum Gasteiger partial charge on any atom is -0.392 e. The maximum absolute atomic E-state index is 12.3. The van der Waals surface area contributed by atoms with Gasteiger partial charge in [0.15, 0.2) is 0 Å². The van der Waals surface area contributed by atoms with Gasteiger partial charge in [-0.2, -0.15) is 0 Å². The van der Waals surface area contributed by atoms with Crippen LogP contribution in [0.25, 0.3) is 0 Å². The maximum Gasteiger partial charge on any atom is 0.230 e. The van der Waals surface area contributed by atoms with E-state index in [9.17, 15) is 9.90 Å². The zero-order valence-corrected chi connectivity index (χ0v) is 12.8. The second-order valence-electron chi connectivity index (χ2n) is 5.72. The van der Waals surface area contributed by atoms with E-state index in [1.807, 2.05) is 11.4 Å². The Labute approximate surface area is 127 Å². The van der Waals surface area contributed by atoms with Crippen LogP contribution in [0, 0.1) is 5.41 Å². The van der Waals surface area contributed by atoms with Crippen molar-refractivity contribution >= 4 is 28.8 Å². The van der Waals surface area contributed by atoms with Gasteiger partial charge in [-0.3, -0.25) is 9.69 Å². The molecule has 0 aliphatic carbocycles. The number of amides is 1. The molecular formula is C14H19ClN2O2S. The van der Waals surface area contributed by atoms with E-state index in [0.717, 1.165) is 42.4 Å². The lowest BCUT2D eigenvalue weighted by atomic mass is 9.71. The molecule has 0 radical (unpaired) electrons. The van der Waals surface area contributed by atoms with Gasteiger partial charge >= 0.3 is 0 Å². The minimum absolute atomic E-state index is 0.0122. The predicted octanol–water partition coefficient (Wildman–Crippen LogP) is 1.86. The number of hydrogen-bond donors (Lipinski definition) is 2. The van der Waals surface area contributed by atoms with Gasteiger partial charge in [-0.15, -0.1) is 11.3 Å². The summed E-state index contributed by atoms with van der Waals surface area (Å²) in [5, 5.41) is 16.0. The van der Waals surface area contributed by atoms with Crippen LogP contribution in [0.3, 0.4) is 0 Å². The molecule has 2 aliphatic heterocycles. The number of carbonyl (C=O) groups is 1. The van der Waals surface area contributed by atoms with Crippen LogP contribution < -0.4 is 5.32 Å². The van der Waals surface area contributed by atoms with E-state index in [0.29, 0.717) is 13.0 Å². The van der Waals surface area contributed by atoms with E-state index in [2.05, 4.69) is 10.2 Å². The van der Waals surface area contributed by atoms with E-state index in [1.165, 1.54) is 0 Å². The molecule has 2 fully saturated rings. The summed E-state index contributed by atoms with van der Waals surface area (Å²) in [6, 6.07) is 1.91. The average molecular weight is 315 g/mol. The Morgan fingerprint density at radius 1 is 1.60 bits per heavy atom. The van der Waals surface area contributed by atoms with Gasteiger partial charge < -0.3 is 10.4 Å². The van der Waals surface area contributed by atoms with Crippen molar-refractivity contribution < 1.29 is 9.90 Å². The van der Waals surface area contributed by atoms with Crippen LogP contribution in [0.4, 0.5) is 0 Å². The zero-order chi connectivity index (χ0) is 14.2. The molecule has 1 aromatic rings. The van der Waals surface area contributed by atoms with E-state index in [-0.39, 0.29) is 5.91 Å². The van der Waals surface area contributed by atoms with Crippen LogP contribution in [-0.2, 0) is 11.3 Å². The standard InChI is InChI=1S/C14H19ClN2O2S/c15-10-3-7-20-11(10)8-17-6-2-12(18)14(9-17)4-1-5-16-13(14)19/h3,7,12,18H,1-2,4-6,8-9H2,(H,16,19)/t12-,14-/m1/s1. The first-order valence-corrected chi connectivity index (χ1v) is 8.28. The summed E-state index contributed by atoms with van der Waals surface area (Å²) in [5.41, 5.74) is -0.625. The molecule has 1 amide bonds. The smallest absolute Gasteiger partial charge is 0.230 e. The third kappa shape index (κ3) is 2.48. The van der Waals surface area contributed by atoms with Crippen molar-refractivity contribution in [3.05, 3.63) is 21.3 Å². The molecule has 4 nitrogen and oxygen atoms in total. The molecule has 0 saturated carbocycles. The summed E-state index contributed by atoms with van der Waals surface area (Å²) < 4.78 is 0. The monoisotopic (exact) mass is 314 g/mol. The van der Waals surface area contributed by atoms with Crippen molar-refractivity contribution in [2.45, 2.75) is 31.9 Å². The van der Waals surface area contributed by atoms with Crippen molar-refractivity contribution in [2.24, 2.45) is 5.41 Å². The number of likely N-dealkylation sites (tertiary alicyclic amines) is 1. The van der Waals surface area contributed by atoms with Gasteiger partial charge in [0.05, 0.1) is 16.5 Å². The van der Waals surface area contributed by atoms with E-state index < -0.39 is 11.5 Å². The summed E-state index contributed by atoms with van der Waals surface area (Å²) >= 11 is 7.79. The molecule has 110 valence electrons. The van der Waals surface area contributed by atoms with Gasteiger partial charge in [0.2, 0.25) is 5.91 Å². The number of rotatable bonds is 2. The molecular weight excluding hydrogens is 296 g/mol. The van der Waals surface area contributed by atoms with Gasteiger partial charge in [-0.1, -0.05) is 11.6 Å². The Morgan fingerprint density at radius 3 is 3.15 bits per heavy atom. The quantitative estimate of drug-likeness (QED) is 0.876. The van der Waals surface area contributed by atoms with Crippen molar-refractivity contribution in [3.63, 3.8) is 0 Å². The first kappa shape index (κ1) is 14.3. The zero-order valence-electron chi connectivity index (χ0n) is 11.3. The van der Waals surface area contributed by atoms with Crippen molar-refractivity contribution in [1.29, 1.82) is 0 Å². The minimum atomic E-state index is -0.625. The maximum atomic E-state index is 12.3. The fourth-order valence-corrected chi connectivity index (χ4v) is 4.44. The molecule has 3 heterocycles. The molecule has 6 heteroatoms. The number of halogens is 1. The molecule has 0 bridgehead atoms. The number of piperidine rings is 2. The third-order valence-electron chi connectivity index (χ3n) is 4.46. The largest absolute Gasteiger partial charge is 0.392 e. The first-order valence-electron chi connectivity index (χ1n) is 7.02. The Kier molecular flexibility index (Phi) is 4.04. The molecule has 2 saturated heterocycles. The Morgan fingerprint density at radius 2 is 2.45 bits per heavy atom. The normalized spacial score (nSPS) is 31.5. The lowest BCUT2D eigenvalue weighted by Gasteiger charge is -2.46. The second-order valence-corrected chi connectivity index (χ2v) is 7.13. The van der Waals surface area contributed by atoms with Crippen LogP contribution in [0.1, 0.15) is 24.1 Å². The van der Waals surface area contributed by atoms with Gasteiger partial charge in [0.1, 0.15) is 0 Å². The summed E-state index contributed by atoms with van der Waals surface area (Å²) in [7, 11) is 0. The lowest BCUT2D eigenvalue weighted by Crippen LogP contribution is -2.61. The number of nitrogens with one attached hydrogen (secondary N) is 1. The van der Waals surface area contributed by atoms with Crippen molar-refractivity contribution in [3.8, 4) is 0 Å². The van der Waals surface area contributed by atoms with Crippen LogP contribution >= 0.6 is 22.9 Å². The number of aliphatic hydroxyl groups excluding tert-OH is 1. The van der Waals surface area contributed by atoms with Crippen LogP contribution in [0.15, 0.2) is 11.4 Å². The van der Waals surface area contributed by atoms with Gasteiger partial charge in [-0.25, -0.2) is 0 Å². The summed E-state index contributed by atoms with van der Waals surface area (Å²) in [5.74, 6) is 0.0122. The molecule has 0 aromatic carbocycles. The highest BCUT2D eigenvalue weighted by Gasteiger charge is 2.49. The van der Waals surface area contributed by atoms with Crippen LogP contribution in [-0.4, -0.2) is 41.7 Å². The number of nitrogens with zero attached hydrogens (tertiary/aromatic N) is 1. The Balaban J connectivity index is 1.76. The summed E-state index contributed by atoms with van der Waals surface area (Å²) in [6.07, 6.45) is 1.83.